The van der Waals surface area contributed by atoms with Gasteiger partial charge in [0, 0.05) is 53.3 Å². The highest BCUT2D eigenvalue weighted by molar-refractivity contribution is 6.05. The molecule has 0 bridgehead atoms. The third kappa shape index (κ3) is 4.37. The standard InChI is InChI=1S/C25H27N5O3/c1-14(2)30-9-8-18-21(30)11-20(17-6-7-22(33-5)26-12-17)29-23(18)25(32)27-13-19-15(3)10-16(4)28-24(19)31/h6-12,14H,13H2,1-5H3,(H,27,32)(H,28,31). The average Bonchev–Trinajstić information content (AvgIpc) is 3.22. The van der Waals surface area contributed by atoms with Crippen LogP contribution in [-0.4, -0.2) is 32.5 Å². The second-order valence-electron chi connectivity index (χ2n) is 8.32. The molecule has 0 radical (unpaired) electrons. The lowest BCUT2D eigenvalue weighted by Gasteiger charge is -2.13. The Labute approximate surface area is 191 Å². The number of hydrogen-bond acceptors (Lipinski definition) is 5. The van der Waals surface area contributed by atoms with Crippen molar-refractivity contribution in [3.05, 3.63) is 75.6 Å². The van der Waals surface area contributed by atoms with E-state index in [1.165, 1.54) is 0 Å². The number of hydrogen-bond donors (Lipinski definition) is 2. The highest BCUT2D eigenvalue weighted by Crippen LogP contribution is 2.28. The zero-order valence-electron chi connectivity index (χ0n) is 19.4. The lowest BCUT2D eigenvalue weighted by Crippen LogP contribution is -2.28. The van der Waals surface area contributed by atoms with Crippen LogP contribution in [0.3, 0.4) is 0 Å². The molecule has 0 fully saturated rings. The summed E-state index contributed by atoms with van der Waals surface area (Å²) in [4.78, 5) is 37.3. The van der Waals surface area contributed by atoms with Crippen molar-refractivity contribution in [2.45, 2.75) is 40.3 Å². The molecule has 4 aromatic rings. The van der Waals surface area contributed by atoms with E-state index in [0.29, 0.717) is 22.8 Å². The van der Waals surface area contributed by atoms with Gasteiger partial charge in [0.15, 0.2) is 0 Å². The number of ether oxygens (including phenoxy) is 1. The number of nitrogens with one attached hydrogen (secondary N) is 2. The van der Waals surface area contributed by atoms with Crippen molar-refractivity contribution >= 4 is 16.8 Å². The zero-order chi connectivity index (χ0) is 23.7. The molecule has 4 rings (SSSR count). The number of aryl methyl sites for hydroxylation is 2. The van der Waals surface area contributed by atoms with Gasteiger partial charge in [0.2, 0.25) is 5.88 Å². The number of fused-ring (bicyclic) bond motifs is 1. The van der Waals surface area contributed by atoms with Gasteiger partial charge in [-0.3, -0.25) is 9.59 Å². The summed E-state index contributed by atoms with van der Waals surface area (Å²) in [5, 5.41) is 3.63. The predicted molar refractivity (Wildman–Crippen MR) is 128 cm³/mol. The summed E-state index contributed by atoms with van der Waals surface area (Å²) < 4.78 is 7.25. The number of carbonyl (C=O) groups is 1. The van der Waals surface area contributed by atoms with Gasteiger partial charge in [-0.1, -0.05) is 0 Å². The molecule has 0 aliphatic heterocycles. The van der Waals surface area contributed by atoms with Crippen LogP contribution in [0, 0.1) is 13.8 Å². The number of carbonyl (C=O) groups excluding carboxylic acids is 1. The number of amides is 1. The van der Waals surface area contributed by atoms with Crippen molar-refractivity contribution in [3.63, 3.8) is 0 Å². The molecule has 0 spiro atoms. The fourth-order valence-corrected chi connectivity index (χ4v) is 3.93. The monoisotopic (exact) mass is 445 g/mol. The Hall–Kier alpha value is -3.94. The molecule has 8 heteroatoms. The Balaban J connectivity index is 1.75. The van der Waals surface area contributed by atoms with Gasteiger partial charge < -0.3 is 19.6 Å². The first-order valence-electron chi connectivity index (χ1n) is 10.8. The Kier molecular flexibility index (Phi) is 6.00. The second-order valence-corrected chi connectivity index (χ2v) is 8.32. The SMILES string of the molecule is COc1ccc(-c2cc3c(ccn3C(C)C)c(C(=O)NCc3c(C)cc(C)[nH]c3=O)n2)cn1. The van der Waals surface area contributed by atoms with Crippen LogP contribution in [0.4, 0.5) is 0 Å². The van der Waals surface area contributed by atoms with E-state index in [4.69, 9.17) is 4.74 Å². The molecule has 0 atom stereocenters. The van der Waals surface area contributed by atoms with Crippen LogP contribution in [0.25, 0.3) is 22.2 Å². The number of aromatic nitrogens is 4. The molecule has 2 N–H and O–H groups in total. The van der Waals surface area contributed by atoms with Crippen LogP contribution in [0.15, 0.2) is 47.5 Å². The van der Waals surface area contributed by atoms with Crippen LogP contribution < -0.4 is 15.6 Å². The minimum Gasteiger partial charge on any atom is -0.481 e. The molecular weight excluding hydrogens is 418 g/mol. The zero-order valence-corrected chi connectivity index (χ0v) is 19.4. The third-order valence-corrected chi connectivity index (χ3v) is 5.65. The molecule has 0 unspecified atom stereocenters. The van der Waals surface area contributed by atoms with Crippen molar-refractivity contribution in [1.29, 1.82) is 0 Å². The highest BCUT2D eigenvalue weighted by atomic mass is 16.5. The summed E-state index contributed by atoms with van der Waals surface area (Å²) in [5.74, 6) is 0.159. The fraction of sp³-hybridized carbons (Fsp3) is 0.280. The van der Waals surface area contributed by atoms with Crippen molar-refractivity contribution in [1.82, 2.24) is 24.8 Å². The molecule has 0 aromatic carbocycles. The summed E-state index contributed by atoms with van der Waals surface area (Å²) in [6.45, 7) is 7.97. The Morgan fingerprint density at radius 3 is 2.64 bits per heavy atom. The number of methoxy groups -OCH3 is 1. The first-order chi connectivity index (χ1) is 15.8. The lowest BCUT2D eigenvalue weighted by atomic mass is 10.1. The van der Waals surface area contributed by atoms with Gasteiger partial charge >= 0.3 is 0 Å². The minimum absolute atomic E-state index is 0.114. The number of H-pyrrole nitrogens is 1. The van der Waals surface area contributed by atoms with Crippen molar-refractivity contribution in [2.24, 2.45) is 0 Å². The maximum absolute atomic E-state index is 13.3. The van der Waals surface area contributed by atoms with Crippen LogP contribution in [0.2, 0.25) is 0 Å². The van der Waals surface area contributed by atoms with E-state index in [-0.39, 0.29) is 24.1 Å². The first-order valence-corrected chi connectivity index (χ1v) is 10.8. The van der Waals surface area contributed by atoms with Crippen LogP contribution in [0.1, 0.15) is 47.2 Å². The molecule has 0 saturated heterocycles. The van der Waals surface area contributed by atoms with Crippen LogP contribution >= 0.6 is 0 Å². The van der Waals surface area contributed by atoms with Gasteiger partial charge in [-0.05, 0) is 57.5 Å². The van der Waals surface area contributed by atoms with E-state index < -0.39 is 0 Å². The maximum atomic E-state index is 13.3. The van der Waals surface area contributed by atoms with Crippen LogP contribution in [-0.2, 0) is 6.54 Å². The summed E-state index contributed by atoms with van der Waals surface area (Å²) in [6.07, 6.45) is 3.63. The number of nitrogens with zero attached hydrogens (tertiary/aromatic N) is 3. The quantitative estimate of drug-likeness (QED) is 0.468. The Morgan fingerprint density at radius 2 is 2.00 bits per heavy atom. The Morgan fingerprint density at radius 1 is 1.21 bits per heavy atom. The van der Waals surface area contributed by atoms with Crippen molar-refractivity contribution in [3.8, 4) is 17.1 Å². The molecule has 4 heterocycles. The molecule has 0 saturated carbocycles. The average molecular weight is 446 g/mol. The van der Waals surface area contributed by atoms with E-state index in [1.807, 2.05) is 44.3 Å². The van der Waals surface area contributed by atoms with E-state index in [0.717, 1.165) is 27.7 Å². The number of pyridine rings is 3. The van der Waals surface area contributed by atoms with Gasteiger partial charge in [0.1, 0.15) is 5.69 Å². The molecule has 33 heavy (non-hydrogen) atoms. The highest BCUT2D eigenvalue weighted by Gasteiger charge is 2.19. The molecule has 4 aromatic heterocycles. The predicted octanol–water partition coefficient (Wildman–Crippen LogP) is 3.92. The minimum atomic E-state index is -0.343. The Bertz CT molecular complexity index is 1380. The molecule has 1 amide bonds. The van der Waals surface area contributed by atoms with Gasteiger partial charge in [-0.15, -0.1) is 0 Å². The van der Waals surface area contributed by atoms with E-state index in [9.17, 15) is 9.59 Å². The normalized spacial score (nSPS) is 11.2. The maximum Gasteiger partial charge on any atom is 0.270 e. The fourth-order valence-electron chi connectivity index (χ4n) is 3.93. The van der Waals surface area contributed by atoms with Gasteiger partial charge in [-0.25, -0.2) is 9.97 Å². The third-order valence-electron chi connectivity index (χ3n) is 5.65. The molecule has 0 aliphatic carbocycles. The lowest BCUT2D eigenvalue weighted by molar-refractivity contribution is 0.0947. The molecule has 170 valence electrons. The first kappa shape index (κ1) is 22.3. The molecule has 0 aliphatic rings. The summed E-state index contributed by atoms with van der Waals surface area (Å²) in [5.41, 5.74) is 4.56. The number of rotatable bonds is 6. The van der Waals surface area contributed by atoms with Gasteiger partial charge in [0.25, 0.3) is 11.5 Å². The molecular formula is C25H27N5O3. The summed E-state index contributed by atoms with van der Waals surface area (Å²) in [6, 6.07) is 9.58. The summed E-state index contributed by atoms with van der Waals surface area (Å²) in [7, 11) is 1.56. The smallest absolute Gasteiger partial charge is 0.270 e. The van der Waals surface area contributed by atoms with E-state index in [1.54, 1.807) is 19.4 Å². The van der Waals surface area contributed by atoms with E-state index in [2.05, 4.69) is 38.7 Å². The summed E-state index contributed by atoms with van der Waals surface area (Å²) >= 11 is 0. The van der Waals surface area contributed by atoms with Gasteiger partial charge in [0.05, 0.1) is 18.3 Å². The number of aromatic amines is 1. The second kappa shape index (κ2) is 8.90. The van der Waals surface area contributed by atoms with Crippen LogP contribution in [0.5, 0.6) is 5.88 Å². The van der Waals surface area contributed by atoms with Gasteiger partial charge in [-0.2, -0.15) is 0 Å². The largest absolute Gasteiger partial charge is 0.481 e. The molecule has 8 nitrogen and oxygen atoms in total. The van der Waals surface area contributed by atoms with Crippen molar-refractivity contribution in [2.75, 3.05) is 7.11 Å². The van der Waals surface area contributed by atoms with E-state index >= 15 is 0 Å². The van der Waals surface area contributed by atoms with Crippen molar-refractivity contribution < 1.29 is 9.53 Å². The topological polar surface area (TPSA) is 102 Å².